The maximum absolute atomic E-state index is 5.12. The molecule has 102 valence electrons. The molecule has 0 aliphatic carbocycles. The Morgan fingerprint density at radius 3 is 0.944 bits per heavy atom. The third-order valence-corrected chi connectivity index (χ3v) is 2.33. The lowest BCUT2D eigenvalue weighted by molar-refractivity contribution is 0.149. The van der Waals surface area contributed by atoms with Crippen molar-refractivity contribution in [3.63, 3.8) is 0 Å². The van der Waals surface area contributed by atoms with Gasteiger partial charge in [0.15, 0.2) is 0 Å². The average molecular weight is 256 g/mol. The van der Waals surface area contributed by atoms with Crippen molar-refractivity contribution in [2.24, 2.45) is 0 Å². The number of rotatable bonds is 8. The maximum atomic E-state index is 5.12. The summed E-state index contributed by atoms with van der Waals surface area (Å²) in [4.78, 5) is 9.03. The summed E-state index contributed by atoms with van der Waals surface area (Å²) < 4.78 is 20.5. The fraction of sp³-hybridized carbons (Fsp3) is 0.667. The molecule has 0 N–H and O–H groups in total. The lowest BCUT2D eigenvalue weighted by Gasteiger charge is -2.13. The summed E-state index contributed by atoms with van der Waals surface area (Å²) in [6.07, 6.45) is 0. The van der Waals surface area contributed by atoms with Crippen molar-refractivity contribution in [1.82, 2.24) is 9.97 Å². The Morgan fingerprint density at radius 2 is 0.778 bits per heavy atom. The van der Waals surface area contributed by atoms with Crippen molar-refractivity contribution < 1.29 is 18.9 Å². The molecule has 1 rings (SSSR count). The first-order valence-electron chi connectivity index (χ1n) is 5.60. The van der Waals surface area contributed by atoms with Gasteiger partial charge in [-0.3, -0.25) is 0 Å². The SMILES string of the molecule is COCc1nc(COC)c(COC)nc1COC. The summed E-state index contributed by atoms with van der Waals surface area (Å²) in [6.45, 7) is 1.59. The van der Waals surface area contributed by atoms with Crippen molar-refractivity contribution >= 4 is 0 Å². The quantitative estimate of drug-likeness (QED) is 0.693. The van der Waals surface area contributed by atoms with E-state index in [4.69, 9.17) is 18.9 Å². The Morgan fingerprint density at radius 1 is 0.556 bits per heavy atom. The average Bonchev–Trinajstić information content (AvgIpc) is 2.35. The zero-order valence-corrected chi connectivity index (χ0v) is 11.4. The van der Waals surface area contributed by atoms with Gasteiger partial charge in [-0.15, -0.1) is 0 Å². The van der Waals surface area contributed by atoms with Crippen LogP contribution in [-0.4, -0.2) is 38.4 Å². The van der Waals surface area contributed by atoms with Gasteiger partial charge in [0.1, 0.15) is 0 Å². The van der Waals surface area contributed by atoms with Gasteiger partial charge in [0.25, 0.3) is 0 Å². The Bertz CT molecular complexity index is 305. The number of nitrogens with zero attached hydrogens (tertiary/aromatic N) is 2. The molecule has 0 saturated carbocycles. The van der Waals surface area contributed by atoms with E-state index in [2.05, 4.69) is 9.97 Å². The van der Waals surface area contributed by atoms with Gasteiger partial charge in [-0.1, -0.05) is 0 Å². The van der Waals surface area contributed by atoms with Crippen molar-refractivity contribution in [1.29, 1.82) is 0 Å². The highest BCUT2D eigenvalue weighted by atomic mass is 16.5. The smallest absolute Gasteiger partial charge is 0.0904 e. The second kappa shape index (κ2) is 8.10. The van der Waals surface area contributed by atoms with E-state index in [0.29, 0.717) is 26.4 Å². The summed E-state index contributed by atoms with van der Waals surface area (Å²) in [6, 6.07) is 0. The van der Waals surface area contributed by atoms with Gasteiger partial charge in [-0.05, 0) is 0 Å². The van der Waals surface area contributed by atoms with E-state index in [0.717, 1.165) is 22.8 Å². The third-order valence-electron chi connectivity index (χ3n) is 2.33. The molecule has 0 amide bonds. The van der Waals surface area contributed by atoms with Crippen LogP contribution in [0.5, 0.6) is 0 Å². The minimum Gasteiger partial charge on any atom is -0.378 e. The first-order chi connectivity index (χ1) is 8.76. The highest BCUT2D eigenvalue weighted by Gasteiger charge is 2.13. The van der Waals surface area contributed by atoms with E-state index in [1.165, 1.54) is 0 Å². The molecular weight excluding hydrogens is 236 g/mol. The summed E-state index contributed by atoms with van der Waals surface area (Å²) in [5.41, 5.74) is 3.08. The summed E-state index contributed by atoms with van der Waals surface area (Å²) in [5, 5.41) is 0. The van der Waals surface area contributed by atoms with Gasteiger partial charge in [-0.25, -0.2) is 9.97 Å². The first kappa shape index (κ1) is 15.0. The van der Waals surface area contributed by atoms with E-state index >= 15 is 0 Å². The third kappa shape index (κ3) is 3.99. The van der Waals surface area contributed by atoms with E-state index < -0.39 is 0 Å². The predicted molar refractivity (Wildman–Crippen MR) is 64.9 cm³/mol. The lowest BCUT2D eigenvalue weighted by atomic mass is 10.2. The molecule has 0 spiro atoms. The second-order valence-corrected chi connectivity index (χ2v) is 3.74. The predicted octanol–water partition coefficient (Wildman–Crippen LogP) is 1.06. The molecular formula is C12H20N2O4. The Kier molecular flexibility index (Phi) is 6.74. The van der Waals surface area contributed by atoms with E-state index in [9.17, 15) is 0 Å². The molecule has 6 heteroatoms. The number of aromatic nitrogens is 2. The molecule has 1 heterocycles. The fourth-order valence-electron chi connectivity index (χ4n) is 1.59. The fourth-order valence-corrected chi connectivity index (χ4v) is 1.59. The van der Waals surface area contributed by atoms with Crippen LogP contribution < -0.4 is 0 Å². The molecule has 0 atom stereocenters. The number of hydrogen-bond donors (Lipinski definition) is 0. The molecule has 0 bridgehead atoms. The van der Waals surface area contributed by atoms with E-state index in [1.807, 2.05) is 0 Å². The Labute approximate surface area is 107 Å². The van der Waals surface area contributed by atoms with Crippen LogP contribution in [0.4, 0.5) is 0 Å². The summed E-state index contributed by atoms with van der Waals surface area (Å²) in [7, 11) is 6.49. The van der Waals surface area contributed by atoms with Crippen molar-refractivity contribution in [3.05, 3.63) is 22.8 Å². The molecule has 0 saturated heterocycles. The molecule has 0 aromatic carbocycles. The monoisotopic (exact) mass is 256 g/mol. The molecule has 18 heavy (non-hydrogen) atoms. The topological polar surface area (TPSA) is 62.7 Å². The molecule has 6 nitrogen and oxygen atoms in total. The van der Waals surface area contributed by atoms with Crippen molar-refractivity contribution in [2.75, 3.05) is 28.4 Å². The Balaban J connectivity index is 3.11. The molecule has 0 fully saturated rings. The van der Waals surface area contributed by atoms with Gasteiger partial charge in [0.05, 0.1) is 49.2 Å². The van der Waals surface area contributed by atoms with Crippen LogP contribution in [0.2, 0.25) is 0 Å². The normalized spacial score (nSPS) is 10.9. The van der Waals surface area contributed by atoms with Crippen molar-refractivity contribution in [2.45, 2.75) is 26.4 Å². The van der Waals surface area contributed by atoms with Gasteiger partial charge in [-0.2, -0.15) is 0 Å². The van der Waals surface area contributed by atoms with E-state index in [-0.39, 0.29) is 0 Å². The van der Waals surface area contributed by atoms with E-state index in [1.54, 1.807) is 28.4 Å². The van der Waals surface area contributed by atoms with Gasteiger partial charge in [0, 0.05) is 28.4 Å². The van der Waals surface area contributed by atoms with Crippen LogP contribution >= 0.6 is 0 Å². The second-order valence-electron chi connectivity index (χ2n) is 3.74. The zero-order chi connectivity index (χ0) is 13.4. The molecule has 0 radical (unpaired) electrons. The summed E-state index contributed by atoms with van der Waals surface area (Å²) in [5.74, 6) is 0. The molecule has 0 aliphatic heterocycles. The molecule has 1 aromatic rings. The molecule has 0 aliphatic rings. The molecule has 1 aromatic heterocycles. The minimum atomic E-state index is 0.398. The lowest BCUT2D eigenvalue weighted by Crippen LogP contribution is -2.12. The highest BCUT2D eigenvalue weighted by molar-refractivity contribution is 5.19. The van der Waals surface area contributed by atoms with Crippen LogP contribution in [0.3, 0.4) is 0 Å². The van der Waals surface area contributed by atoms with Crippen LogP contribution in [-0.2, 0) is 45.4 Å². The zero-order valence-electron chi connectivity index (χ0n) is 11.4. The maximum Gasteiger partial charge on any atom is 0.0904 e. The van der Waals surface area contributed by atoms with Crippen molar-refractivity contribution in [3.8, 4) is 0 Å². The summed E-state index contributed by atoms with van der Waals surface area (Å²) >= 11 is 0. The van der Waals surface area contributed by atoms with Gasteiger partial charge >= 0.3 is 0 Å². The van der Waals surface area contributed by atoms with Gasteiger partial charge in [0.2, 0.25) is 0 Å². The van der Waals surface area contributed by atoms with Crippen LogP contribution in [0.15, 0.2) is 0 Å². The van der Waals surface area contributed by atoms with Gasteiger partial charge < -0.3 is 18.9 Å². The van der Waals surface area contributed by atoms with Crippen LogP contribution in [0.25, 0.3) is 0 Å². The number of methoxy groups -OCH3 is 4. The minimum absolute atomic E-state index is 0.398. The first-order valence-corrected chi connectivity index (χ1v) is 5.60. The standard InChI is InChI=1S/C12H20N2O4/c1-15-5-9-10(6-16-2)14-12(8-18-4)11(13-9)7-17-3/h5-8H2,1-4H3. The van der Waals surface area contributed by atoms with Crippen LogP contribution in [0, 0.1) is 0 Å². The largest absolute Gasteiger partial charge is 0.378 e. The Hall–Kier alpha value is -1.08. The molecule has 0 unspecified atom stereocenters. The van der Waals surface area contributed by atoms with Crippen LogP contribution in [0.1, 0.15) is 22.8 Å². The highest BCUT2D eigenvalue weighted by Crippen LogP contribution is 2.13. The number of ether oxygens (including phenoxy) is 4. The number of hydrogen-bond acceptors (Lipinski definition) is 6.